The average molecular weight is 421 g/mol. The van der Waals surface area contributed by atoms with Gasteiger partial charge in [0.1, 0.15) is 6.10 Å². The molecule has 1 heterocycles. The van der Waals surface area contributed by atoms with Crippen LogP contribution in [-0.2, 0) is 9.53 Å². The number of hydrogen-bond acceptors (Lipinski definition) is 5. The molecule has 0 amide bonds. The Balaban J connectivity index is 1.83. The third-order valence-electron chi connectivity index (χ3n) is 6.97. The van der Waals surface area contributed by atoms with Crippen LogP contribution in [0.4, 0.5) is 0 Å². The van der Waals surface area contributed by atoms with E-state index >= 15 is 0 Å². The topological polar surface area (TPSA) is 87.0 Å². The summed E-state index contributed by atoms with van der Waals surface area (Å²) in [6.07, 6.45) is 12.2. The molecular formula is C25H40O5. The van der Waals surface area contributed by atoms with Gasteiger partial charge in [0.15, 0.2) is 0 Å². The van der Waals surface area contributed by atoms with Crippen LogP contribution in [0.15, 0.2) is 34.9 Å². The van der Waals surface area contributed by atoms with Crippen molar-refractivity contribution in [2.45, 2.75) is 90.8 Å². The number of ether oxygens (including phenoxy) is 1. The Morgan fingerprint density at radius 1 is 1.20 bits per heavy atom. The van der Waals surface area contributed by atoms with Gasteiger partial charge < -0.3 is 20.1 Å². The smallest absolute Gasteiger partial charge is 0.331 e. The van der Waals surface area contributed by atoms with E-state index in [4.69, 9.17) is 4.74 Å². The molecule has 3 N–H and O–H groups in total. The van der Waals surface area contributed by atoms with Gasteiger partial charge in [0.05, 0.1) is 18.8 Å². The van der Waals surface area contributed by atoms with Crippen LogP contribution < -0.4 is 0 Å². The molecule has 1 saturated carbocycles. The molecule has 1 fully saturated rings. The summed E-state index contributed by atoms with van der Waals surface area (Å²) in [7, 11) is 0. The molecule has 170 valence electrons. The lowest BCUT2D eigenvalue weighted by Crippen LogP contribution is -2.46. The summed E-state index contributed by atoms with van der Waals surface area (Å²) in [5, 5.41) is 29.8. The third kappa shape index (κ3) is 6.79. The van der Waals surface area contributed by atoms with Gasteiger partial charge in [-0.15, -0.1) is 0 Å². The van der Waals surface area contributed by atoms with Crippen LogP contribution in [0, 0.1) is 11.3 Å². The average Bonchev–Trinajstić information content (AvgIpc) is 3.02. The van der Waals surface area contributed by atoms with Crippen molar-refractivity contribution >= 4 is 5.97 Å². The second-order valence-electron chi connectivity index (χ2n) is 9.94. The number of esters is 1. The zero-order valence-corrected chi connectivity index (χ0v) is 19.1. The molecular weight excluding hydrogens is 380 g/mol. The molecule has 0 aromatic carbocycles. The molecule has 3 atom stereocenters. The van der Waals surface area contributed by atoms with E-state index in [0.29, 0.717) is 17.9 Å². The van der Waals surface area contributed by atoms with Gasteiger partial charge in [0, 0.05) is 18.1 Å². The fourth-order valence-corrected chi connectivity index (χ4v) is 5.13. The molecule has 5 heteroatoms. The Bertz CT molecular complexity index is 668. The first-order valence-corrected chi connectivity index (χ1v) is 11.3. The van der Waals surface area contributed by atoms with Crippen LogP contribution >= 0.6 is 0 Å². The molecule has 1 aliphatic heterocycles. The van der Waals surface area contributed by atoms with Crippen LogP contribution in [0.2, 0.25) is 0 Å². The zero-order chi connectivity index (χ0) is 22.4. The maximum absolute atomic E-state index is 11.3. The number of allylic oxidation sites excluding steroid dienone is 2. The zero-order valence-electron chi connectivity index (χ0n) is 19.1. The predicted octanol–water partition coefficient (Wildman–Crippen LogP) is 4.22. The van der Waals surface area contributed by atoms with E-state index in [1.165, 1.54) is 18.1 Å². The summed E-state index contributed by atoms with van der Waals surface area (Å²) in [6, 6.07) is 0. The molecule has 0 radical (unpaired) electrons. The van der Waals surface area contributed by atoms with Crippen molar-refractivity contribution in [1.82, 2.24) is 0 Å². The van der Waals surface area contributed by atoms with Crippen LogP contribution in [0.3, 0.4) is 0 Å². The van der Waals surface area contributed by atoms with Crippen molar-refractivity contribution in [1.29, 1.82) is 0 Å². The van der Waals surface area contributed by atoms with Gasteiger partial charge in [-0.1, -0.05) is 38.0 Å². The predicted molar refractivity (Wildman–Crippen MR) is 119 cm³/mol. The fourth-order valence-electron chi connectivity index (χ4n) is 5.13. The van der Waals surface area contributed by atoms with Crippen molar-refractivity contribution in [3.05, 3.63) is 34.9 Å². The van der Waals surface area contributed by atoms with Crippen molar-refractivity contribution < 1.29 is 24.9 Å². The summed E-state index contributed by atoms with van der Waals surface area (Å²) in [5.74, 6) is -0.112. The molecule has 0 spiro atoms. The first-order valence-electron chi connectivity index (χ1n) is 11.3. The largest absolute Gasteiger partial charge is 0.454 e. The number of rotatable bonds is 10. The van der Waals surface area contributed by atoms with Crippen molar-refractivity contribution in [3.8, 4) is 0 Å². The number of carbonyl (C=O) groups excluding carboxylic acids is 1. The van der Waals surface area contributed by atoms with Gasteiger partial charge in [0.2, 0.25) is 0 Å². The monoisotopic (exact) mass is 420 g/mol. The standard InChI is InChI=1S/C25H40O5/c1-18(9-12-22-24(2,3)13-6-14-25(22,4)29)7-5-8-19(16-26)10-11-21-20(17-27)15-23(28)30-21/h7,10,15,21-22,26-27,29H,5-6,8-9,11-14,16-17H2,1-4H3. The lowest BCUT2D eigenvalue weighted by Gasteiger charge is -2.48. The van der Waals surface area contributed by atoms with E-state index in [0.717, 1.165) is 44.1 Å². The van der Waals surface area contributed by atoms with Crippen molar-refractivity contribution in [2.75, 3.05) is 13.2 Å². The highest BCUT2D eigenvalue weighted by atomic mass is 16.5. The highest BCUT2D eigenvalue weighted by molar-refractivity contribution is 5.85. The summed E-state index contributed by atoms with van der Waals surface area (Å²) in [5.41, 5.74) is 2.40. The van der Waals surface area contributed by atoms with Crippen LogP contribution in [0.25, 0.3) is 0 Å². The molecule has 3 unspecified atom stereocenters. The molecule has 5 nitrogen and oxygen atoms in total. The molecule has 0 aromatic rings. The lowest BCUT2D eigenvalue weighted by molar-refractivity contribution is -0.138. The summed E-state index contributed by atoms with van der Waals surface area (Å²) in [6.45, 7) is 8.48. The van der Waals surface area contributed by atoms with Gasteiger partial charge in [-0.3, -0.25) is 0 Å². The van der Waals surface area contributed by atoms with E-state index in [2.05, 4.69) is 26.8 Å². The first kappa shape index (κ1) is 24.8. The second-order valence-corrected chi connectivity index (χ2v) is 9.94. The Hall–Kier alpha value is -1.43. The van der Waals surface area contributed by atoms with Crippen LogP contribution in [0.1, 0.15) is 79.1 Å². The molecule has 30 heavy (non-hydrogen) atoms. The number of cyclic esters (lactones) is 1. The van der Waals surface area contributed by atoms with Gasteiger partial charge in [0.25, 0.3) is 0 Å². The summed E-state index contributed by atoms with van der Waals surface area (Å²) in [4.78, 5) is 11.3. The highest BCUT2D eigenvalue weighted by Crippen LogP contribution is 2.48. The first-order chi connectivity index (χ1) is 14.1. The minimum Gasteiger partial charge on any atom is -0.454 e. The number of aliphatic hydroxyl groups is 3. The summed E-state index contributed by atoms with van der Waals surface area (Å²) < 4.78 is 5.18. The van der Waals surface area contributed by atoms with Crippen LogP contribution in [0.5, 0.6) is 0 Å². The lowest BCUT2D eigenvalue weighted by atomic mass is 9.60. The van der Waals surface area contributed by atoms with Crippen LogP contribution in [-0.4, -0.2) is 46.2 Å². The van der Waals surface area contributed by atoms with E-state index < -0.39 is 17.7 Å². The normalized spacial score (nSPS) is 29.7. The molecule has 2 rings (SSSR count). The molecule has 1 aliphatic carbocycles. The van der Waals surface area contributed by atoms with Gasteiger partial charge in [-0.05, 0) is 69.3 Å². The third-order valence-corrected chi connectivity index (χ3v) is 6.97. The molecule has 0 saturated heterocycles. The van der Waals surface area contributed by atoms with E-state index in [1.54, 1.807) is 0 Å². The van der Waals surface area contributed by atoms with Gasteiger partial charge >= 0.3 is 5.97 Å². The van der Waals surface area contributed by atoms with Crippen molar-refractivity contribution in [3.63, 3.8) is 0 Å². The highest BCUT2D eigenvalue weighted by Gasteiger charge is 2.44. The van der Waals surface area contributed by atoms with E-state index in [-0.39, 0.29) is 18.6 Å². The molecule has 0 bridgehead atoms. The SMILES string of the molecule is CC(=CCCC(=CCC1OC(=O)C=C1CO)CO)CCC1C(C)(C)CCCC1(C)O. The number of hydrogen-bond donors (Lipinski definition) is 3. The van der Waals surface area contributed by atoms with Gasteiger partial charge in [-0.25, -0.2) is 4.79 Å². The second kappa shape index (κ2) is 10.7. The maximum atomic E-state index is 11.3. The van der Waals surface area contributed by atoms with Crippen molar-refractivity contribution in [2.24, 2.45) is 11.3 Å². The molecule has 0 aromatic heterocycles. The Morgan fingerprint density at radius 2 is 1.93 bits per heavy atom. The number of aliphatic hydroxyl groups excluding tert-OH is 2. The van der Waals surface area contributed by atoms with E-state index in [9.17, 15) is 20.1 Å². The quantitative estimate of drug-likeness (QED) is 0.364. The maximum Gasteiger partial charge on any atom is 0.331 e. The number of carbonyl (C=O) groups is 1. The minimum absolute atomic E-state index is 0.0230. The van der Waals surface area contributed by atoms with Gasteiger partial charge in [-0.2, -0.15) is 0 Å². The van der Waals surface area contributed by atoms with E-state index in [1.807, 2.05) is 13.0 Å². The minimum atomic E-state index is -0.583. The Labute approximate surface area is 181 Å². The Morgan fingerprint density at radius 3 is 2.57 bits per heavy atom. The fraction of sp³-hybridized carbons (Fsp3) is 0.720. The molecule has 2 aliphatic rings. The Kier molecular flexibility index (Phi) is 8.89. The summed E-state index contributed by atoms with van der Waals surface area (Å²) >= 11 is 0.